The van der Waals surface area contributed by atoms with Crippen molar-refractivity contribution in [1.29, 1.82) is 0 Å². The van der Waals surface area contributed by atoms with E-state index >= 15 is 0 Å². The van der Waals surface area contributed by atoms with Crippen LogP contribution in [0, 0.1) is 11.6 Å². The van der Waals surface area contributed by atoms with Crippen LogP contribution in [0.25, 0.3) is 0 Å². The monoisotopic (exact) mass is 587 g/mol. The molecule has 0 saturated carbocycles. The zero-order valence-corrected chi connectivity index (χ0v) is 23.1. The molecule has 0 saturated heterocycles. The van der Waals surface area contributed by atoms with Crippen molar-refractivity contribution < 1.29 is 32.6 Å². The van der Waals surface area contributed by atoms with Gasteiger partial charge in [0.15, 0.2) is 0 Å². The maximum Gasteiger partial charge on any atom is 0.283 e. The van der Waals surface area contributed by atoms with E-state index in [2.05, 4.69) is 10.6 Å². The van der Waals surface area contributed by atoms with E-state index in [0.29, 0.717) is 27.8 Å². The largest absolute Gasteiger partial charge is 0.497 e. The number of hydrogen-bond donors (Lipinski definition) is 2. The highest BCUT2D eigenvalue weighted by molar-refractivity contribution is 8.04. The molecule has 1 heterocycles. The van der Waals surface area contributed by atoms with Crippen molar-refractivity contribution in [2.24, 2.45) is 0 Å². The van der Waals surface area contributed by atoms with Gasteiger partial charge in [0, 0.05) is 22.3 Å². The first-order chi connectivity index (χ1) is 20.3. The SMILES string of the molecule is COc1ccc(C(=O)Nc2cccc(SC3=C(Nc4ccc(F)cc4)C(=O)N(c4ccc(F)cc4)C3=O)c2)c(OC)c1. The Morgan fingerprint density at radius 3 is 2.14 bits per heavy atom. The first kappa shape index (κ1) is 28.4. The van der Waals surface area contributed by atoms with Gasteiger partial charge in [-0.25, -0.2) is 13.7 Å². The molecule has 0 spiro atoms. The van der Waals surface area contributed by atoms with Crippen molar-refractivity contribution in [2.75, 3.05) is 29.8 Å². The van der Waals surface area contributed by atoms with Gasteiger partial charge in [-0.15, -0.1) is 0 Å². The first-order valence-electron chi connectivity index (χ1n) is 12.5. The molecule has 0 aliphatic carbocycles. The number of thioether (sulfide) groups is 1. The number of rotatable bonds is 9. The lowest BCUT2D eigenvalue weighted by atomic mass is 10.1. The summed E-state index contributed by atoms with van der Waals surface area (Å²) >= 11 is 1.01. The highest BCUT2D eigenvalue weighted by Gasteiger charge is 2.40. The number of carbonyl (C=O) groups excluding carboxylic acids is 3. The van der Waals surface area contributed by atoms with Crippen LogP contribution >= 0.6 is 11.8 Å². The van der Waals surface area contributed by atoms with Crippen LogP contribution in [-0.4, -0.2) is 31.9 Å². The molecule has 1 aliphatic heterocycles. The van der Waals surface area contributed by atoms with Crippen LogP contribution in [-0.2, 0) is 9.59 Å². The molecule has 8 nitrogen and oxygen atoms in total. The van der Waals surface area contributed by atoms with Gasteiger partial charge in [-0.3, -0.25) is 14.4 Å². The molecule has 0 bridgehead atoms. The normalized spacial score (nSPS) is 12.9. The summed E-state index contributed by atoms with van der Waals surface area (Å²) in [5, 5.41) is 5.75. The fourth-order valence-corrected chi connectivity index (χ4v) is 5.14. The van der Waals surface area contributed by atoms with Gasteiger partial charge in [0.2, 0.25) is 0 Å². The van der Waals surface area contributed by atoms with Crippen molar-refractivity contribution in [3.05, 3.63) is 119 Å². The second-order valence-electron chi connectivity index (χ2n) is 8.91. The second kappa shape index (κ2) is 12.1. The molecule has 0 radical (unpaired) electrons. The van der Waals surface area contributed by atoms with E-state index in [1.54, 1.807) is 42.5 Å². The Hall–Kier alpha value is -5.16. The summed E-state index contributed by atoms with van der Waals surface area (Å²) in [6, 6.07) is 21.8. The van der Waals surface area contributed by atoms with Crippen LogP contribution in [0.4, 0.5) is 25.8 Å². The van der Waals surface area contributed by atoms with Crippen molar-refractivity contribution in [2.45, 2.75) is 4.90 Å². The Kier molecular flexibility index (Phi) is 8.21. The lowest BCUT2D eigenvalue weighted by Gasteiger charge is -2.15. The third-order valence-electron chi connectivity index (χ3n) is 6.20. The zero-order chi connectivity index (χ0) is 29.8. The van der Waals surface area contributed by atoms with Gasteiger partial charge in [0.05, 0.1) is 25.5 Å². The average Bonchev–Trinajstić information content (AvgIpc) is 3.22. The number of amides is 3. The molecule has 2 N–H and O–H groups in total. The van der Waals surface area contributed by atoms with E-state index < -0.39 is 29.4 Å². The first-order valence-corrected chi connectivity index (χ1v) is 13.3. The van der Waals surface area contributed by atoms with Gasteiger partial charge >= 0.3 is 0 Å². The molecule has 0 atom stereocenters. The third-order valence-corrected chi connectivity index (χ3v) is 7.28. The van der Waals surface area contributed by atoms with Crippen molar-refractivity contribution in [1.82, 2.24) is 0 Å². The van der Waals surface area contributed by atoms with Gasteiger partial charge in [-0.1, -0.05) is 17.8 Å². The van der Waals surface area contributed by atoms with E-state index in [9.17, 15) is 23.2 Å². The summed E-state index contributed by atoms with van der Waals surface area (Å²) in [4.78, 5) is 41.6. The number of ether oxygens (including phenoxy) is 2. The molecule has 1 aliphatic rings. The van der Waals surface area contributed by atoms with Gasteiger partial charge in [-0.2, -0.15) is 0 Å². The highest BCUT2D eigenvalue weighted by Crippen LogP contribution is 2.38. The Morgan fingerprint density at radius 2 is 1.48 bits per heavy atom. The van der Waals surface area contributed by atoms with Crippen LogP contribution in [0.2, 0.25) is 0 Å². The number of carbonyl (C=O) groups is 3. The maximum atomic E-state index is 13.6. The maximum absolute atomic E-state index is 13.6. The summed E-state index contributed by atoms with van der Waals surface area (Å²) < 4.78 is 37.6. The quantitative estimate of drug-likeness (QED) is 0.224. The van der Waals surface area contributed by atoms with E-state index in [0.717, 1.165) is 28.8 Å². The molecule has 0 fully saturated rings. The van der Waals surface area contributed by atoms with Crippen molar-refractivity contribution in [3.8, 4) is 11.5 Å². The van der Waals surface area contributed by atoms with Gasteiger partial charge in [-0.05, 0) is 78.9 Å². The van der Waals surface area contributed by atoms with Gasteiger partial charge in [0.1, 0.15) is 33.7 Å². The lowest BCUT2D eigenvalue weighted by Crippen LogP contribution is -2.32. The molecular weight excluding hydrogens is 564 g/mol. The molecule has 0 aromatic heterocycles. The fraction of sp³-hybridized carbons (Fsp3) is 0.0645. The smallest absolute Gasteiger partial charge is 0.283 e. The molecule has 4 aromatic rings. The van der Waals surface area contributed by atoms with Crippen LogP contribution in [0.3, 0.4) is 0 Å². The van der Waals surface area contributed by atoms with Crippen molar-refractivity contribution >= 4 is 46.5 Å². The minimum Gasteiger partial charge on any atom is -0.497 e. The number of halogens is 2. The Bertz CT molecular complexity index is 1710. The zero-order valence-electron chi connectivity index (χ0n) is 22.3. The number of methoxy groups -OCH3 is 2. The average molecular weight is 588 g/mol. The lowest BCUT2D eigenvalue weighted by molar-refractivity contribution is -0.120. The minimum absolute atomic E-state index is 0.0293. The highest BCUT2D eigenvalue weighted by atomic mass is 32.2. The number of nitrogens with zero attached hydrogens (tertiary/aromatic N) is 1. The van der Waals surface area contributed by atoms with Crippen molar-refractivity contribution in [3.63, 3.8) is 0 Å². The van der Waals surface area contributed by atoms with E-state index in [1.807, 2.05) is 0 Å². The molecule has 4 aromatic carbocycles. The number of hydrogen-bond acceptors (Lipinski definition) is 7. The topological polar surface area (TPSA) is 97.0 Å². The molecule has 212 valence electrons. The Balaban J connectivity index is 1.44. The van der Waals surface area contributed by atoms with E-state index in [1.165, 1.54) is 50.6 Å². The predicted octanol–water partition coefficient (Wildman–Crippen LogP) is 6.22. The molecule has 3 amide bonds. The molecular formula is C31H23F2N3O5S. The Labute approximate surface area is 243 Å². The second-order valence-corrected chi connectivity index (χ2v) is 9.99. The summed E-state index contributed by atoms with van der Waals surface area (Å²) in [6.07, 6.45) is 0. The predicted molar refractivity (Wildman–Crippen MR) is 156 cm³/mol. The number of anilines is 3. The summed E-state index contributed by atoms with van der Waals surface area (Å²) in [6.45, 7) is 0. The third kappa shape index (κ3) is 5.96. The minimum atomic E-state index is -0.658. The number of imide groups is 1. The molecule has 5 rings (SSSR count). The van der Waals surface area contributed by atoms with E-state index in [4.69, 9.17) is 9.47 Å². The van der Waals surface area contributed by atoms with Gasteiger partial charge < -0.3 is 20.1 Å². The Morgan fingerprint density at radius 1 is 0.786 bits per heavy atom. The summed E-state index contributed by atoms with van der Waals surface area (Å²) in [5.41, 5.74) is 1.27. The molecule has 11 heteroatoms. The van der Waals surface area contributed by atoms with Gasteiger partial charge in [0.25, 0.3) is 17.7 Å². The summed E-state index contributed by atoms with van der Waals surface area (Å²) in [7, 11) is 2.96. The standard InChI is InChI=1S/C31H23F2N3O5S/c1-40-23-14-15-25(26(17-23)41-2)29(37)35-21-4-3-5-24(16-21)42-28-27(34-20-10-6-18(32)7-11-20)30(38)36(31(28)39)22-12-8-19(33)9-13-22/h3-17,34H,1-2H3,(H,35,37). The molecule has 0 unspecified atom stereocenters. The fourth-order valence-electron chi connectivity index (χ4n) is 4.16. The van der Waals surface area contributed by atoms with Crippen LogP contribution in [0.5, 0.6) is 11.5 Å². The van der Waals surface area contributed by atoms with Crippen LogP contribution < -0.4 is 25.0 Å². The molecule has 42 heavy (non-hydrogen) atoms. The number of nitrogens with one attached hydrogen (secondary N) is 2. The van der Waals surface area contributed by atoms with Crippen LogP contribution in [0.1, 0.15) is 10.4 Å². The summed E-state index contributed by atoms with van der Waals surface area (Å²) in [5.74, 6) is -1.83. The van der Waals surface area contributed by atoms with E-state index in [-0.39, 0.29) is 21.9 Å². The number of benzene rings is 4. The van der Waals surface area contributed by atoms with Crippen LogP contribution in [0.15, 0.2) is 106 Å².